The molecule has 7 heteroatoms. The van der Waals surface area contributed by atoms with Gasteiger partial charge in [-0.2, -0.15) is 0 Å². The minimum Gasteiger partial charge on any atom is -0.486 e. The molecule has 25 heavy (non-hydrogen) atoms. The largest absolute Gasteiger partial charge is 0.486 e. The molecular formula is C18H18ClNO4S. The highest BCUT2D eigenvalue weighted by atomic mass is 35.5. The van der Waals surface area contributed by atoms with Crippen molar-refractivity contribution < 1.29 is 17.9 Å². The molecule has 1 heterocycles. The lowest BCUT2D eigenvalue weighted by Gasteiger charge is -2.20. The van der Waals surface area contributed by atoms with E-state index in [1.54, 1.807) is 43.3 Å². The quantitative estimate of drug-likeness (QED) is 0.859. The number of rotatable bonds is 5. The van der Waals surface area contributed by atoms with Crippen LogP contribution in [-0.2, 0) is 10.0 Å². The van der Waals surface area contributed by atoms with Crippen LogP contribution >= 0.6 is 11.6 Å². The third-order valence-corrected chi connectivity index (χ3v) is 5.15. The lowest BCUT2D eigenvalue weighted by Crippen LogP contribution is -2.25. The van der Waals surface area contributed by atoms with Crippen LogP contribution in [0.3, 0.4) is 0 Å². The predicted octanol–water partition coefficient (Wildman–Crippen LogP) is 3.76. The molecule has 2 aromatic rings. The number of sulfonamides is 1. The van der Waals surface area contributed by atoms with Crippen LogP contribution in [0.25, 0.3) is 6.08 Å². The first-order valence-corrected chi connectivity index (χ1v) is 9.71. The van der Waals surface area contributed by atoms with Crippen LogP contribution in [0.15, 0.2) is 47.9 Å². The highest BCUT2D eigenvalue weighted by Gasteiger charge is 2.17. The monoisotopic (exact) mass is 379 g/mol. The van der Waals surface area contributed by atoms with Gasteiger partial charge in [-0.1, -0.05) is 29.8 Å². The van der Waals surface area contributed by atoms with E-state index in [9.17, 15) is 8.42 Å². The molecule has 1 unspecified atom stereocenters. The summed E-state index contributed by atoms with van der Waals surface area (Å²) in [4.78, 5) is 0. The molecular weight excluding hydrogens is 362 g/mol. The first-order chi connectivity index (χ1) is 11.9. The Morgan fingerprint density at radius 1 is 1.08 bits per heavy atom. The van der Waals surface area contributed by atoms with Crippen molar-refractivity contribution in [3.05, 3.63) is 64.0 Å². The number of hydrogen-bond donors (Lipinski definition) is 1. The zero-order valence-electron chi connectivity index (χ0n) is 13.6. The summed E-state index contributed by atoms with van der Waals surface area (Å²) < 4.78 is 38.2. The second-order valence-corrected chi connectivity index (χ2v) is 7.68. The molecule has 2 aromatic carbocycles. The Morgan fingerprint density at radius 3 is 2.48 bits per heavy atom. The number of nitrogens with one attached hydrogen (secondary N) is 1. The van der Waals surface area contributed by atoms with Crippen LogP contribution in [0.4, 0.5) is 0 Å². The van der Waals surface area contributed by atoms with Gasteiger partial charge in [-0.3, -0.25) is 0 Å². The van der Waals surface area contributed by atoms with Gasteiger partial charge < -0.3 is 9.47 Å². The van der Waals surface area contributed by atoms with Gasteiger partial charge in [0.05, 0.1) is 0 Å². The maximum atomic E-state index is 12.3. The highest BCUT2D eigenvalue weighted by molar-refractivity contribution is 7.92. The maximum absolute atomic E-state index is 12.3. The molecule has 5 nitrogen and oxygen atoms in total. The van der Waals surface area contributed by atoms with Crippen LogP contribution in [-0.4, -0.2) is 21.6 Å². The van der Waals surface area contributed by atoms with Gasteiger partial charge in [0.25, 0.3) is 0 Å². The summed E-state index contributed by atoms with van der Waals surface area (Å²) in [6, 6.07) is 11.9. The maximum Gasteiger partial charge on any atom is 0.234 e. The zero-order valence-corrected chi connectivity index (χ0v) is 15.2. The molecule has 0 fully saturated rings. The normalized spacial score (nSPS) is 15.3. The van der Waals surface area contributed by atoms with Gasteiger partial charge in [0.15, 0.2) is 11.5 Å². The highest BCUT2D eigenvalue weighted by Crippen LogP contribution is 2.32. The van der Waals surface area contributed by atoms with Crippen molar-refractivity contribution in [2.75, 3.05) is 13.2 Å². The number of hydrogen-bond acceptors (Lipinski definition) is 4. The van der Waals surface area contributed by atoms with Crippen molar-refractivity contribution >= 4 is 27.7 Å². The minimum absolute atomic E-state index is 0.407. The van der Waals surface area contributed by atoms with Crippen molar-refractivity contribution in [1.82, 2.24) is 4.72 Å². The topological polar surface area (TPSA) is 64.6 Å². The van der Waals surface area contributed by atoms with Crippen molar-refractivity contribution in [2.45, 2.75) is 13.0 Å². The summed E-state index contributed by atoms with van der Waals surface area (Å²) >= 11 is 5.82. The summed E-state index contributed by atoms with van der Waals surface area (Å²) in [5.41, 5.74) is 1.55. The average Bonchev–Trinajstić information content (AvgIpc) is 2.60. The standard InChI is InChI=1S/C18H18ClNO4S/c1-13(15-4-7-17-18(12-15)24-10-9-23-17)20-25(21,22)11-8-14-2-5-16(19)6-3-14/h2-8,11-13,20H,9-10H2,1H3/b11-8+. The van der Waals surface area contributed by atoms with Crippen LogP contribution in [0.1, 0.15) is 24.1 Å². The molecule has 0 bridgehead atoms. The van der Waals surface area contributed by atoms with Crippen molar-refractivity contribution in [3.63, 3.8) is 0 Å². The molecule has 132 valence electrons. The lowest BCUT2D eigenvalue weighted by molar-refractivity contribution is 0.171. The van der Waals surface area contributed by atoms with Crippen LogP contribution < -0.4 is 14.2 Å². The molecule has 3 rings (SSSR count). The van der Waals surface area contributed by atoms with E-state index in [0.29, 0.717) is 29.7 Å². The van der Waals surface area contributed by atoms with Crippen LogP contribution in [0, 0.1) is 0 Å². The fourth-order valence-electron chi connectivity index (χ4n) is 2.43. The smallest absolute Gasteiger partial charge is 0.234 e. The Morgan fingerprint density at radius 2 is 1.76 bits per heavy atom. The fraction of sp³-hybridized carbons (Fsp3) is 0.222. The van der Waals surface area contributed by atoms with E-state index in [4.69, 9.17) is 21.1 Å². The molecule has 1 aliphatic heterocycles. The van der Waals surface area contributed by atoms with Gasteiger partial charge in [-0.15, -0.1) is 0 Å². The average molecular weight is 380 g/mol. The molecule has 0 aromatic heterocycles. The number of benzene rings is 2. The molecule has 1 aliphatic rings. The Hall–Kier alpha value is -2.02. The van der Waals surface area contributed by atoms with E-state index in [-0.39, 0.29) is 0 Å². The second-order valence-electron chi connectivity index (χ2n) is 5.64. The molecule has 0 saturated heterocycles. The third kappa shape index (κ3) is 4.75. The van der Waals surface area contributed by atoms with Crippen molar-refractivity contribution in [2.24, 2.45) is 0 Å². The van der Waals surface area contributed by atoms with Gasteiger partial charge in [0.1, 0.15) is 13.2 Å². The molecule has 0 spiro atoms. The lowest BCUT2D eigenvalue weighted by atomic mass is 10.1. The first-order valence-electron chi connectivity index (χ1n) is 7.78. The Kier molecular flexibility index (Phi) is 5.32. The summed E-state index contributed by atoms with van der Waals surface area (Å²) in [6.45, 7) is 2.78. The predicted molar refractivity (Wildman–Crippen MR) is 98.4 cm³/mol. The van der Waals surface area contributed by atoms with Gasteiger partial charge in [-0.25, -0.2) is 13.1 Å². The SMILES string of the molecule is CC(NS(=O)(=O)/C=C/c1ccc(Cl)cc1)c1ccc2c(c1)OCCO2. The van der Waals surface area contributed by atoms with Crippen LogP contribution in [0.5, 0.6) is 11.5 Å². The summed E-state index contributed by atoms with van der Waals surface area (Å²) in [5, 5.41) is 1.75. The van der Waals surface area contributed by atoms with E-state index >= 15 is 0 Å². The molecule has 0 saturated carbocycles. The van der Waals surface area contributed by atoms with E-state index in [2.05, 4.69) is 4.72 Å². The van der Waals surface area contributed by atoms with E-state index in [1.807, 2.05) is 6.07 Å². The second kappa shape index (κ2) is 7.47. The number of halogens is 1. The van der Waals surface area contributed by atoms with Crippen molar-refractivity contribution in [1.29, 1.82) is 0 Å². The summed E-state index contributed by atoms with van der Waals surface area (Å²) in [7, 11) is -3.59. The molecule has 0 radical (unpaired) electrons. The Balaban J connectivity index is 1.70. The Labute approximate surface area is 152 Å². The number of ether oxygens (including phenoxy) is 2. The minimum atomic E-state index is -3.59. The zero-order chi connectivity index (χ0) is 17.9. The summed E-state index contributed by atoms with van der Waals surface area (Å²) in [5.74, 6) is 1.30. The van der Waals surface area contributed by atoms with E-state index in [1.165, 1.54) is 6.08 Å². The fourth-order valence-corrected chi connectivity index (χ4v) is 3.59. The van der Waals surface area contributed by atoms with Crippen LogP contribution in [0.2, 0.25) is 5.02 Å². The third-order valence-electron chi connectivity index (χ3n) is 3.72. The first kappa shape index (κ1) is 17.8. The number of fused-ring (bicyclic) bond motifs is 1. The molecule has 1 N–H and O–H groups in total. The van der Waals surface area contributed by atoms with Gasteiger partial charge >= 0.3 is 0 Å². The summed E-state index contributed by atoms with van der Waals surface area (Å²) in [6.07, 6.45) is 1.52. The molecule has 1 atom stereocenters. The molecule has 0 amide bonds. The van der Waals surface area contributed by atoms with Crippen molar-refractivity contribution in [3.8, 4) is 11.5 Å². The van der Waals surface area contributed by atoms with Gasteiger partial charge in [0.2, 0.25) is 10.0 Å². The molecule has 0 aliphatic carbocycles. The van der Waals surface area contributed by atoms with E-state index < -0.39 is 16.1 Å². The Bertz CT molecular complexity index is 878. The van der Waals surface area contributed by atoms with Gasteiger partial charge in [-0.05, 0) is 48.4 Å². The van der Waals surface area contributed by atoms with Gasteiger partial charge in [0, 0.05) is 16.5 Å². The van der Waals surface area contributed by atoms with E-state index in [0.717, 1.165) is 16.5 Å².